The average molecular weight is 490 g/mol. The Balaban J connectivity index is 2.27. The summed E-state index contributed by atoms with van der Waals surface area (Å²) in [6.45, 7) is 1.22. The SMILES string of the molecule is CO/N=C(\C)c1ccc(O)c2c1C[C@H]1C[C@@H]([C@@H](CO)N(C)C)[C@@](O)(C(=O)CC(N)=O)C(O)=C1C2=O. The second-order valence-corrected chi connectivity index (χ2v) is 9.23. The maximum atomic E-state index is 13.6. The number of primary amides is 1. The Hall–Kier alpha value is -3.28. The van der Waals surface area contributed by atoms with Gasteiger partial charge in [-0.05, 0) is 57.5 Å². The van der Waals surface area contributed by atoms with Crippen LogP contribution in [0.1, 0.15) is 41.3 Å². The van der Waals surface area contributed by atoms with Gasteiger partial charge in [-0.3, -0.25) is 14.4 Å². The second kappa shape index (κ2) is 9.76. The van der Waals surface area contributed by atoms with E-state index in [1.165, 1.54) is 13.2 Å². The molecule has 11 nitrogen and oxygen atoms in total. The van der Waals surface area contributed by atoms with Crippen LogP contribution in [-0.4, -0.2) is 88.0 Å². The number of hydrogen-bond donors (Lipinski definition) is 5. The lowest BCUT2D eigenvalue weighted by Crippen LogP contribution is -2.60. The van der Waals surface area contributed by atoms with Crippen molar-refractivity contribution in [3.05, 3.63) is 40.2 Å². The van der Waals surface area contributed by atoms with Gasteiger partial charge in [0.15, 0.2) is 17.2 Å². The summed E-state index contributed by atoms with van der Waals surface area (Å²) in [5, 5.41) is 47.4. The van der Waals surface area contributed by atoms with Crippen molar-refractivity contribution < 1.29 is 39.6 Å². The molecule has 0 unspecified atom stereocenters. The van der Waals surface area contributed by atoms with Gasteiger partial charge in [0.1, 0.15) is 18.6 Å². The van der Waals surface area contributed by atoms with Gasteiger partial charge in [0.2, 0.25) is 5.91 Å². The molecule has 0 heterocycles. The molecule has 0 radical (unpaired) electrons. The third-order valence-electron chi connectivity index (χ3n) is 7.01. The molecular weight excluding hydrogens is 458 g/mol. The van der Waals surface area contributed by atoms with E-state index in [1.807, 2.05) is 0 Å². The maximum Gasteiger partial charge on any atom is 0.225 e. The Morgan fingerprint density at radius 1 is 1.31 bits per heavy atom. The fourth-order valence-electron chi connectivity index (χ4n) is 5.37. The molecule has 0 saturated carbocycles. The predicted octanol–water partition coefficient (Wildman–Crippen LogP) is 0.0477. The number of aliphatic hydroxyl groups excluding tert-OH is 2. The molecule has 0 bridgehead atoms. The minimum absolute atomic E-state index is 0.0323. The first-order chi connectivity index (χ1) is 16.4. The molecule has 0 saturated heterocycles. The summed E-state index contributed by atoms with van der Waals surface area (Å²) in [6.07, 6.45) is -0.652. The zero-order valence-electron chi connectivity index (χ0n) is 20.1. The number of allylic oxidation sites excluding steroid dienone is 1. The van der Waals surface area contributed by atoms with E-state index in [0.717, 1.165) is 0 Å². The number of aliphatic hydroxyl groups is 3. The highest BCUT2D eigenvalue weighted by Crippen LogP contribution is 2.49. The summed E-state index contributed by atoms with van der Waals surface area (Å²) in [5.41, 5.74) is 3.80. The van der Waals surface area contributed by atoms with Gasteiger partial charge in [-0.25, -0.2) is 0 Å². The summed E-state index contributed by atoms with van der Waals surface area (Å²) < 4.78 is 0. The number of oxime groups is 1. The van der Waals surface area contributed by atoms with E-state index >= 15 is 0 Å². The van der Waals surface area contributed by atoms with Crippen molar-refractivity contribution in [3.63, 3.8) is 0 Å². The zero-order chi connectivity index (χ0) is 26.2. The van der Waals surface area contributed by atoms with Crippen molar-refractivity contribution in [2.45, 2.75) is 37.8 Å². The highest BCUT2D eigenvalue weighted by atomic mass is 16.6. The lowest BCUT2D eigenvalue weighted by molar-refractivity contribution is -0.151. The smallest absolute Gasteiger partial charge is 0.225 e. The van der Waals surface area contributed by atoms with Gasteiger partial charge in [0, 0.05) is 23.1 Å². The fourth-order valence-corrected chi connectivity index (χ4v) is 5.37. The van der Waals surface area contributed by atoms with Crippen LogP contribution in [-0.2, 0) is 20.8 Å². The molecule has 0 aliphatic heterocycles. The molecule has 3 rings (SSSR count). The molecule has 2 aliphatic carbocycles. The van der Waals surface area contributed by atoms with Gasteiger partial charge in [0.05, 0.1) is 24.3 Å². The monoisotopic (exact) mass is 489 g/mol. The summed E-state index contributed by atoms with van der Waals surface area (Å²) in [6, 6.07) is 2.14. The molecule has 1 aromatic rings. The molecular formula is C24H31N3O8. The van der Waals surface area contributed by atoms with Crippen LogP contribution in [0.3, 0.4) is 0 Å². The van der Waals surface area contributed by atoms with Crippen LogP contribution in [0.5, 0.6) is 5.75 Å². The standard InChI is InChI=1S/C24H31N3O8/c1-11(26-35-4)13-5-6-17(29)21-14(13)7-12-8-15(16(10-28)27(2)3)24(34,18(30)9-19(25)31)23(33)20(12)22(21)32/h5-6,12,15-16,28-29,33-34H,7-10H2,1-4H3,(H2,25,31)/b26-11+/t12-,15-,16+,24+/m0/s1. The summed E-state index contributed by atoms with van der Waals surface area (Å²) in [5.74, 6) is -5.74. The minimum Gasteiger partial charge on any atom is -0.508 e. The van der Waals surface area contributed by atoms with E-state index in [-0.39, 0.29) is 29.7 Å². The molecule has 2 aliphatic rings. The molecule has 190 valence electrons. The lowest BCUT2D eigenvalue weighted by atomic mass is 9.61. The van der Waals surface area contributed by atoms with Crippen molar-refractivity contribution >= 4 is 23.2 Å². The lowest BCUT2D eigenvalue weighted by Gasteiger charge is -2.47. The number of nitrogens with zero attached hydrogens (tertiary/aromatic N) is 2. The predicted molar refractivity (Wildman–Crippen MR) is 125 cm³/mol. The molecule has 4 atom stereocenters. The van der Waals surface area contributed by atoms with Crippen molar-refractivity contribution in [2.75, 3.05) is 27.8 Å². The summed E-state index contributed by atoms with van der Waals surface area (Å²) in [7, 11) is 4.66. The van der Waals surface area contributed by atoms with E-state index < -0.39 is 59.7 Å². The van der Waals surface area contributed by atoms with E-state index in [2.05, 4.69) is 5.16 Å². The quantitative estimate of drug-likeness (QED) is 0.191. The number of amides is 1. The topological polar surface area (TPSA) is 183 Å². The number of carbonyl (C=O) groups is 3. The van der Waals surface area contributed by atoms with Crippen molar-refractivity contribution in [1.29, 1.82) is 0 Å². The summed E-state index contributed by atoms with van der Waals surface area (Å²) in [4.78, 5) is 44.6. The van der Waals surface area contributed by atoms with Gasteiger partial charge < -0.3 is 35.9 Å². The molecule has 35 heavy (non-hydrogen) atoms. The number of ketones is 2. The number of benzene rings is 1. The Morgan fingerprint density at radius 3 is 2.51 bits per heavy atom. The summed E-state index contributed by atoms with van der Waals surface area (Å²) >= 11 is 0. The number of phenolic OH excluding ortho intramolecular Hbond substituents is 1. The van der Waals surface area contributed by atoms with Crippen LogP contribution in [0.25, 0.3) is 0 Å². The van der Waals surface area contributed by atoms with Gasteiger partial charge >= 0.3 is 0 Å². The molecule has 1 amide bonds. The Labute approximate surface area is 202 Å². The zero-order valence-corrected chi connectivity index (χ0v) is 20.1. The van der Waals surface area contributed by atoms with Crippen LogP contribution < -0.4 is 5.73 Å². The van der Waals surface area contributed by atoms with Gasteiger partial charge in [-0.15, -0.1) is 0 Å². The Morgan fingerprint density at radius 2 is 1.97 bits per heavy atom. The third kappa shape index (κ3) is 4.30. The number of likely N-dealkylation sites (N-methyl/N-ethyl adjacent to an activating group) is 1. The van der Waals surface area contributed by atoms with Crippen LogP contribution >= 0.6 is 0 Å². The second-order valence-electron chi connectivity index (χ2n) is 9.23. The highest BCUT2D eigenvalue weighted by Gasteiger charge is 2.58. The van der Waals surface area contributed by atoms with Crippen molar-refractivity contribution in [3.8, 4) is 5.75 Å². The van der Waals surface area contributed by atoms with Gasteiger partial charge in [0.25, 0.3) is 0 Å². The molecule has 0 fully saturated rings. The molecule has 0 aromatic heterocycles. The first-order valence-electron chi connectivity index (χ1n) is 11.1. The Bertz CT molecular complexity index is 1130. The van der Waals surface area contributed by atoms with Crippen molar-refractivity contribution in [2.24, 2.45) is 22.7 Å². The van der Waals surface area contributed by atoms with Crippen LogP contribution in [0.15, 0.2) is 28.6 Å². The number of carbonyl (C=O) groups excluding carboxylic acids is 3. The average Bonchev–Trinajstić information content (AvgIpc) is 2.76. The molecule has 11 heteroatoms. The number of Topliss-reactive ketones (excluding diaryl/α,β-unsaturated/α-hetero) is 2. The number of phenols is 1. The first-order valence-corrected chi connectivity index (χ1v) is 11.1. The van der Waals surface area contributed by atoms with Crippen LogP contribution in [0.2, 0.25) is 0 Å². The van der Waals surface area contributed by atoms with Gasteiger partial charge in [-0.1, -0.05) is 5.16 Å². The van der Waals surface area contributed by atoms with E-state index in [9.17, 15) is 34.8 Å². The molecule has 0 spiro atoms. The van der Waals surface area contributed by atoms with E-state index in [4.69, 9.17) is 10.6 Å². The number of aromatic hydroxyl groups is 1. The third-order valence-corrected chi connectivity index (χ3v) is 7.01. The van der Waals surface area contributed by atoms with E-state index in [0.29, 0.717) is 16.8 Å². The Kier molecular flexibility index (Phi) is 7.34. The normalized spacial score (nSPS) is 25.2. The number of nitrogens with two attached hydrogens (primary N) is 1. The molecule has 1 aromatic carbocycles. The largest absolute Gasteiger partial charge is 0.508 e. The molecule has 6 N–H and O–H groups in total. The van der Waals surface area contributed by atoms with Crippen molar-refractivity contribution in [1.82, 2.24) is 4.90 Å². The van der Waals surface area contributed by atoms with E-state index in [1.54, 1.807) is 32.0 Å². The van der Waals surface area contributed by atoms with Crippen LogP contribution in [0, 0.1) is 11.8 Å². The first kappa shape index (κ1) is 26.3. The number of fused-ring (bicyclic) bond motifs is 2. The maximum absolute atomic E-state index is 13.6. The number of hydrogen-bond acceptors (Lipinski definition) is 10. The minimum atomic E-state index is -2.63. The van der Waals surface area contributed by atoms with Crippen LogP contribution in [0.4, 0.5) is 0 Å². The highest BCUT2D eigenvalue weighted by molar-refractivity contribution is 6.16. The van der Waals surface area contributed by atoms with Gasteiger partial charge in [-0.2, -0.15) is 0 Å². The number of rotatable bonds is 8. The fraction of sp³-hybridized carbons (Fsp3) is 0.500.